The Morgan fingerprint density at radius 1 is 1.37 bits per heavy atom. The van der Waals surface area contributed by atoms with E-state index in [-0.39, 0.29) is 0 Å². The van der Waals surface area contributed by atoms with Gasteiger partial charge in [-0.3, -0.25) is 0 Å². The molecule has 1 aromatic heterocycles. The fraction of sp³-hybridized carbons (Fsp3) is 0.400. The highest BCUT2D eigenvalue weighted by Crippen LogP contribution is 2.14. The van der Waals surface area contributed by atoms with E-state index >= 15 is 0 Å². The Labute approximate surface area is 114 Å². The highest BCUT2D eigenvalue weighted by atomic mass is 16.5. The van der Waals surface area contributed by atoms with Gasteiger partial charge >= 0.3 is 0 Å². The molecule has 0 saturated heterocycles. The Bertz CT molecular complexity index is 508. The Balaban J connectivity index is 2.03. The van der Waals surface area contributed by atoms with Gasteiger partial charge in [-0.15, -0.1) is 0 Å². The average molecular weight is 259 g/mol. The van der Waals surface area contributed by atoms with Crippen LogP contribution < -0.4 is 10.1 Å². The smallest absolute Gasteiger partial charge is 0.119 e. The standard InChI is InChI=1S/C15H21N3O/c1-3-7-16-9-14-10-17-12-18(14)11-13-5-4-6-15(8-13)19-2/h4-6,8,10,12,16H,3,7,9,11H2,1-2H3. The second kappa shape index (κ2) is 6.95. The molecule has 1 aromatic carbocycles. The molecule has 102 valence electrons. The summed E-state index contributed by atoms with van der Waals surface area (Å²) >= 11 is 0. The SMILES string of the molecule is CCCNCc1cncn1Cc1cccc(OC)c1. The highest BCUT2D eigenvalue weighted by Gasteiger charge is 2.03. The summed E-state index contributed by atoms with van der Waals surface area (Å²) in [5, 5.41) is 3.40. The maximum atomic E-state index is 5.25. The van der Waals surface area contributed by atoms with Gasteiger partial charge in [0.1, 0.15) is 5.75 Å². The molecule has 0 aliphatic carbocycles. The zero-order valence-corrected chi connectivity index (χ0v) is 11.6. The molecular weight excluding hydrogens is 238 g/mol. The quantitative estimate of drug-likeness (QED) is 0.776. The third kappa shape index (κ3) is 3.83. The molecule has 1 N–H and O–H groups in total. The molecule has 0 unspecified atom stereocenters. The lowest BCUT2D eigenvalue weighted by molar-refractivity contribution is 0.414. The molecule has 4 nitrogen and oxygen atoms in total. The van der Waals surface area contributed by atoms with Crippen LogP contribution in [0.2, 0.25) is 0 Å². The lowest BCUT2D eigenvalue weighted by atomic mass is 10.2. The number of methoxy groups -OCH3 is 1. The zero-order chi connectivity index (χ0) is 13.5. The number of benzene rings is 1. The third-order valence-electron chi connectivity index (χ3n) is 3.02. The largest absolute Gasteiger partial charge is 0.497 e. The number of nitrogens with zero attached hydrogens (tertiary/aromatic N) is 2. The predicted molar refractivity (Wildman–Crippen MR) is 76.3 cm³/mol. The molecule has 2 rings (SSSR count). The van der Waals surface area contributed by atoms with E-state index < -0.39 is 0 Å². The topological polar surface area (TPSA) is 39.1 Å². The van der Waals surface area contributed by atoms with Crippen LogP contribution in [-0.2, 0) is 13.1 Å². The van der Waals surface area contributed by atoms with Crippen molar-refractivity contribution in [3.8, 4) is 5.75 Å². The molecule has 0 saturated carbocycles. The van der Waals surface area contributed by atoms with Crippen molar-refractivity contribution in [2.24, 2.45) is 0 Å². The predicted octanol–water partition coefficient (Wildman–Crippen LogP) is 2.44. The summed E-state index contributed by atoms with van der Waals surface area (Å²) in [7, 11) is 1.69. The lowest BCUT2D eigenvalue weighted by Crippen LogP contribution is -2.17. The third-order valence-corrected chi connectivity index (χ3v) is 3.02. The van der Waals surface area contributed by atoms with Gasteiger partial charge in [0.25, 0.3) is 0 Å². The number of ether oxygens (including phenoxy) is 1. The van der Waals surface area contributed by atoms with Gasteiger partial charge in [0.05, 0.1) is 19.1 Å². The van der Waals surface area contributed by atoms with E-state index in [0.717, 1.165) is 31.8 Å². The summed E-state index contributed by atoms with van der Waals surface area (Å²) < 4.78 is 7.41. The summed E-state index contributed by atoms with van der Waals surface area (Å²) in [6.07, 6.45) is 4.94. The van der Waals surface area contributed by atoms with Crippen molar-refractivity contribution in [3.63, 3.8) is 0 Å². The Hall–Kier alpha value is -1.81. The Morgan fingerprint density at radius 3 is 3.05 bits per heavy atom. The highest BCUT2D eigenvalue weighted by molar-refractivity contribution is 5.28. The monoisotopic (exact) mass is 259 g/mol. The van der Waals surface area contributed by atoms with Gasteiger partial charge in [0.2, 0.25) is 0 Å². The molecule has 2 aromatic rings. The number of aromatic nitrogens is 2. The average Bonchev–Trinajstić information content (AvgIpc) is 2.87. The molecule has 0 bridgehead atoms. The van der Waals surface area contributed by atoms with Crippen molar-refractivity contribution in [2.45, 2.75) is 26.4 Å². The first kappa shape index (κ1) is 13.6. The molecule has 0 spiro atoms. The summed E-state index contributed by atoms with van der Waals surface area (Å²) in [5.41, 5.74) is 2.42. The van der Waals surface area contributed by atoms with Crippen molar-refractivity contribution in [3.05, 3.63) is 48.0 Å². The first-order valence-electron chi connectivity index (χ1n) is 6.66. The second-order valence-electron chi connectivity index (χ2n) is 4.54. The molecular formula is C15H21N3O. The minimum Gasteiger partial charge on any atom is -0.497 e. The van der Waals surface area contributed by atoms with Gasteiger partial charge < -0.3 is 14.6 Å². The van der Waals surface area contributed by atoms with E-state index in [4.69, 9.17) is 4.74 Å². The minimum absolute atomic E-state index is 0.820. The fourth-order valence-corrected chi connectivity index (χ4v) is 2.00. The molecule has 0 aliphatic rings. The van der Waals surface area contributed by atoms with Gasteiger partial charge in [0, 0.05) is 19.3 Å². The summed E-state index contributed by atoms with van der Waals surface area (Å²) in [4.78, 5) is 4.23. The normalized spacial score (nSPS) is 10.6. The second-order valence-corrected chi connectivity index (χ2v) is 4.54. The van der Waals surface area contributed by atoms with E-state index in [2.05, 4.69) is 33.9 Å². The Morgan fingerprint density at radius 2 is 2.26 bits per heavy atom. The maximum absolute atomic E-state index is 5.25. The van der Waals surface area contributed by atoms with Crippen molar-refractivity contribution < 1.29 is 4.74 Å². The molecule has 0 aliphatic heterocycles. The summed E-state index contributed by atoms with van der Waals surface area (Å²) in [6.45, 7) is 4.88. The van der Waals surface area contributed by atoms with Crippen LogP contribution in [0, 0.1) is 0 Å². The number of hydrogen-bond donors (Lipinski definition) is 1. The van der Waals surface area contributed by atoms with Crippen molar-refractivity contribution >= 4 is 0 Å². The minimum atomic E-state index is 0.820. The zero-order valence-electron chi connectivity index (χ0n) is 11.6. The van der Waals surface area contributed by atoms with Crippen LogP contribution in [0.25, 0.3) is 0 Å². The van der Waals surface area contributed by atoms with Gasteiger partial charge in [0.15, 0.2) is 0 Å². The van der Waals surface area contributed by atoms with Gasteiger partial charge in [-0.25, -0.2) is 4.98 Å². The molecule has 0 fully saturated rings. The molecule has 0 atom stereocenters. The maximum Gasteiger partial charge on any atom is 0.119 e. The number of rotatable bonds is 7. The van der Waals surface area contributed by atoms with Crippen LogP contribution in [0.3, 0.4) is 0 Å². The summed E-state index contributed by atoms with van der Waals surface area (Å²) in [5.74, 6) is 0.892. The fourth-order valence-electron chi connectivity index (χ4n) is 2.00. The molecule has 1 heterocycles. The van der Waals surface area contributed by atoms with Crippen LogP contribution in [0.4, 0.5) is 0 Å². The molecule has 4 heteroatoms. The lowest BCUT2D eigenvalue weighted by Gasteiger charge is -2.10. The number of hydrogen-bond acceptors (Lipinski definition) is 3. The van der Waals surface area contributed by atoms with Gasteiger partial charge in [-0.05, 0) is 30.7 Å². The van der Waals surface area contributed by atoms with Gasteiger partial charge in [-0.1, -0.05) is 19.1 Å². The number of nitrogens with one attached hydrogen (secondary N) is 1. The van der Waals surface area contributed by atoms with E-state index in [0.29, 0.717) is 0 Å². The summed E-state index contributed by atoms with van der Waals surface area (Å²) in [6, 6.07) is 8.14. The Kier molecular flexibility index (Phi) is 4.98. The first-order valence-corrected chi connectivity index (χ1v) is 6.66. The van der Waals surface area contributed by atoms with E-state index in [1.54, 1.807) is 7.11 Å². The molecule has 0 amide bonds. The van der Waals surface area contributed by atoms with Crippen LogP contribution in [-0.4, -0.2) is 23.2 Å². The molecule has 19 heavy (non-hydrogen) atoms. The van der Waals surface area contributed by atoms with Crippen LogP contribution in [0.1, 0.15) is 24.6 Å². The first-order chi connectivity index (χ1) is 9.33. The molecule has 0 radical (unpaired) electrons. The van der Waals surface area contributed by atoms with Gasteiger partial charge in [-0.2, -0.15) is 0 Å². The van der Waals surface area contributed by atoms with Crippen LogP contribution in [0.5, 0.6) is 5.75 Å². The van der Waals surface area contributed by atoms with E-state index in [1.165, 1.54) is 11.3 Å². The van der Waals surface area contributed by atoms with Crippen molar-refractivity contribution in [2.75, 3.05) is 13.7 Å². The number of imidazole rings is 1. The van der Waals surface area contributed by atoms with Crippen molar-refractivity contribution in [1.29, 1.82) is 0 Å². The van der Waals surface area contributed by atoms with E-state index in [1.807, 2.05) is 24.7 Å². The van der Waals surface area contributed by atoms with E-state index in [9.17, 15) is 0 Å². The van der Waals surface area contributed by atoms with Crippen molar-refractivity contribution in [1.82, 2.24) is 14.9 Å². The van der Waals surface area contributed by atoms with Crippen LogP contribution >= 0.6 is 0 Å². The van der Waals surface area contributed by atoms with Crippen LogP contribution in [0.15, 0.2) is 36.8 Å².